The molecule has 0 amide bonds. The highest BCUT2D eigenvalue weighted by atomic mass is 16.3. The third-order valence-corrected chi connectivity index (χ3v) is 17.0. The van der Waals surface area contributed by atoms with Crippen molar-refractivity contribution in [1.82, 2.24) is 0 Å². The summed E-state index contributed by atoms with van der Waals surface area (Å²) in [6, 6.07) is 96.1. The molecule has 0 fully saturated rings. The summed E-state index contributed by atoms with van der Waals surface area (Å²) >= 11 is 0. The maximum absolute atomic E-state index is 7.07. The number of nitrogens with zero attached hydrogens (tertiary/aromatic N) is 1. The molecule has 1 aromatic heterocycles. The van der Waals surface area contributed by atoms with Crippen LogP contribution in [0.2, 0.25) is 0 Å². The molecule has 2 nitrogen and oxygen atoms in total. The van der Waals surface area contributed by atoms with Crippen LogP contribution in [0, 0.1) is 0 Å². The second kappa shape index (κ2) is 16.8. The van der Waals surface area contributed by atoms with Gasteiger partial charge in [0.25, 0.3) is 0 Å². The molecule has 16 rings (SSSR count). The highest BCUT2D eigenvalue weighted by molar-refractivity contribution is 6.16. The SMILES string of the molecule is C1=C/C(c2ccc(-c3cccc4c3C3(c5ccccc5C5(c6ccccc6-c6ccccc65)c5ccccc53)c3ccc5c(oc6ccccc65)c3-4)cc2)=C\C(c2ccc(-c3ccccc3)cc2)=N/C(c2ccccc2)=C/1. The third kappa shape index (κ3) is 6.15. The molecule has 4 aliphatic rings. The van der Waals surface area contributed by atoms with E-state index in [-0.39, 0.29) is 0 Å². The zero-order valence-corrected chi connectivity index (χ0v) is 42.0. The second-order valence-electron chi connectivity index (χ2n) is 20.8. The van der Waals surface area contributed by atoms with Crippen LogP contribution >= 0.6 is 0 Å². The van der Waals surface area contributed by atoms with E-state index in [0.29, 0.717) is 0 Å². The minimum absolute atomic E-state index is 0.545. The van der Waals surface area contributed by atoms with Gasteiger partial charge in [0.05, 0.1) is 22.2 Å². The molecule has 358 valence electrons. The van der Waals surface area contributed by atoms with Gasteiger partial charge in [-0.15, -0.1) is 0 Å². The normalized spacial score (nSPS) is 17.3. The van der Waals surface area contributed by atoms with Crippen LogP contribution in [0.15, 0.2) is 295 Å². The Morgan fingerprint density at radius 3 is 1.51 bits per heavy atom. The summed E-state index contributed by atoms with van der Waals surface area (Å²) in [5.41, 5.74) is 26.7. The Balaban J connectivity index is 0.906. The number of benzene rings is 11. The maximum atomic E-state index is 7.07. The van der Waals surface area contributed by atoms with Crippen LogP contribution in [0.3, 0.4) is 0 Å². The monoisotopic (exact) mass is 977 g/mol. The van der Waals surface area contributed by atoms with Crippen molar-refractivity contribution in [2.24, 2.45) is 4.99 Å². The number of furan rings is 1. The summed E-state index contributed by atoms with van der Waals surface area (Å²) in [6.45, 7) is 0. The summed E-state index contributed by atoms with van der Waals surface area (Å²) in [4.78, 5) is 5.39. The Morgan fingerprint density at radius 2 is 0.831 bits per heavy atom. The first kappa shape index (κ1) is 43.5. The van der Waals surface area contributed by atoms with Crippen molar-refractivity contribution < 1.29 is 4.42 Å². The number of hydrogen-bond donors (Lipinski definition) is 0. The number of hydrogen-bond acceptors (Lipinski definition) is 2. The molecule has 3 aliphatic carbocycles. The van der Waals surface area contributed by atoms with E-state index < -0.39 is 10.8 Å². The average Bonchev–Trinajstić information content (AvgIpc) is 4.26. The standard InChI is InChI=1S/C75H47NO/c1-3-19-48(20-4-1)49-39-43-53(44-40-49)69-47-54(23-17-35-68(76-69)52-21-5-2-6-22-52)50-37-41-51(42-38-50)55-27-18-28-60-71-67(46-45-59-58-26-9-16-36-70(58)77-73(59)71)75(72(55)60)65-33-14-12-31-63(65)74(64-32-13-15-34-66(64)75)61-29-10-7-24-56(61)57-25-8-11-30-62(57)74/h1-47H/b23-17+,35-17?,54-23?,54-47+,68-35+,69-47?,76-68?,76-69+. The van der Waals surface area contributed by atoms with Gasteiger partial charge in [-0.3, -0.25) is 0 Å². The first-order chi connectivity index (χ1) is 38.2. The maximum Gasteiger partial charge on any atom is 0.143 e. The van der Waals surface area contributed by atoms with E-state index in [9.17, 15) is 0 Å². The molecule has 0 radical (unpaired) electrons. The van der Waals surface area contributed by atoms with Gasteiger partial charge in [0.1, 0.15) is 11.2 Å². The lowest BCUT2D eigenvalue weighted by atomic mass is 9.52. The summed E-state index contributed by atoms with van der Waals surface area (Å²) < 4.78 is 7.07. The number of allylic oxidation sites excluding steroid dienone is 5. The van der Waals surface area contributed by atoms with Crippen LogP contribution in [-0.4, -0.2) is 5.71 Å². The highest BCUT2D eigenvalue weighted by Crippen LogP contribution is 2.69. The lowest BCUT2D eigenvalue weighted by Crippen LogP contribution is -2.44. The second-order valence-corrected chi connectivity index (χ2v) is 20.8. The van der Waals surface area contributed by atoms with Gasteiger partial charge in [-0.1, -0.05) is 267 Å². The van der Waals surface area contributed by atoms with Gasteiger partial charge in [-0.25, -0.2) is 4.99 Å². The molecular formula is C75H47NO. The van der Waals surface area contributed by atoms with Crippen molar-refractivity contribution in [1.29, 1.82) is 0 Å². The van der Waals surface area contributed by atoms with Crippen LogP contribution in [0.4, 0.5) is 0 Å². The zero-order chi connectivity index (χ0) is 50.7. The van der Waals surface area contributed by atoms with E-state index in [1.807, 2.05) is 0 Å². The molecule has 0 bridgehead atoms. The Hall–Kier alpha value is -9.89. The molecule has 77 heavy (non-hydrogen) atoms. The average molecular weight is 978 g/mol. The van der Waals surface area contributed by atoms with Crippen LogP contribution in [0.5, 0.6) is 0 Å². The van der Waals surface area contributed by atoms with E-state index in [4.69, 9.17) is 9.41 Å². The molecule has 11 aromatic carbocycles. The fraction of sp³-hybridized carbons (Fsp3) is 0.0267. The molecule has 12 aromatic rings. The van der Waals surface area contributed by atoms with E-state index in [2.05, 4.69) is 285 Å². The topological polar surface area (TPSA) is 25.5 Å². The quantitative estimate of drug-likeness (QED) is 0.169. The van der Waals surface area contributed by atoms with Crippen LogP contribution in [0.1, 0.15) is 61.2 Å². The third-order valence-electron chi connectivity index (χ3n) is 17.0. The van der Waals surface area contributed by atoms with Gasteiger partial charge in [0.2, 0.25) is 0 Å². The van der Waals surface area contributed by atoms with Crippen LogP contribution in [0.25, 0.3) is 77.7 Å². The predicted molar refractivity (Wildman–Crippen MR) is 317 cm³/mol. The Labute approximate surface area is 447 Å². The van der Waals surface area contributed by atoms with E-state index in [1.54, 1.807) is 0 Å². The highest BCUT2D eigenvalue weighted by Gasteiger charge is 2.60. The van der Waals surface area contributed by atoms with Gasteiger partial charge in [0.15, 0.2) is 0 Å². The number of aliphatic imine (C=N–C) groups is 1. The Morgan fingerprint density at radius 1 is 0.325 bits per heavy atom. The molecule has 0 unspecified atom stereocenters. The largest absolute Gasteiger partial charge is 0.455 e. The summed E-state index contributed by atoms with van der Waals surface area (Å²) in [7, 11) is 0. The van der Waals surface area contributed by atoms with Crippen molar-refractivity contribution in [2.45, 2.75) is 10.8 Å². The fourth-order valence-corrected chi connectivity index (χ4v) is 13.9. The first-order valence-electron chi connectivity index (χ1n) is 26.7. The smallest absolute Gasteiger partial charge is 0.143 e. The lowest BCUT2D eigenvalue weighted by Gasteiger charge is -2.49. The molecule has 0 saturated heterocycles. The lowest BCUT2D eigenvalue weighted by molar-refractivity contribution is 0.632. The van der Waals surface area contributed by atoms with Gasteiger partial charge in [-0.05, 0) is 113 Å². The van der Waals surface area contributed by atoms with Gasteiger partial charge >= 0.3 is 0 Å². The molecular weight excluding hydrogens is 931 g/mol. The van der Waals surface area contributed by atoms with Crippen molar-refractivity contribution >= 4 is 38.9 Å². The molecule has 0 atom stereocenters. The Kier molecular flexibility index (Phi) is 9.50. The first-order valence-corrected chi connectivity index (χ1v) is 26.7. The summed E-state index contributed by atoms with van der Waals surface area (Å²) in [6.07, 6.45) is 8.73. The zero-order valence-electron chi connectivity index (χ0n) is 42.0. The van der Waals surface area contributed by atoms with Crippen LogP contribution < -0.4 is 0 Å². The Bertz CT molecular complexity index is 4430. The van der Waals surface area contributed by atoms with Crippen molar-refractivity contribution in [3.8, 4) is 44.5 Å². The minimum Gasteiger partial charge on any atom is -0.455 e. The van der Waals surface area contributed by atoms with Crippen molar-refractivity contribution in [3.05, 3.63) is 346 Å². The van der Waals surface area contributed by atoms with E-state index in [1.165, 1.54) is 77.9 Å². The van der Waals surface area contributed by atoms with Crippen molar-refractivity contribution in [3.63, 3.8) is 0 Å². The summed E-state index contributed by atoms with van der Waals surface area (Å²) in [5, 5.41) is 2.26. The minimum atomic E-state index is -0.715. The number of fused-ring (bicyclic) bond motifs is 20. The molecule has 0 N–H and O–H groups in total. The molecule has 1 aliphatic heterocycles. The summed E-state index contributed by atoms with van der Waals surface area (Å²) in [5.74, 6) is 0. The molecule has 2 heterocycles. The number of rotatable bonds is 5. The molecule has 2 heteroatoms. The predicted octanol–water partition coefficient (Wildman–Crippen LogP) is 18.4. The van der Waals surface area contributed by atoms with Crippen LogP contribution in [-0.2, 0) is 10.8 Å². The van der Waals surface area contributed by atoms with Gasteiger partial charge in [-0.2, -0.15) is 0 Å². The number of para-hydroxylation sites is 1. The molecule has 2 spiro atoms. The van der Waals surface area contributed by atoms with E-state index >= 15 is 0 Å². The van der Waals surface area contributed by atoms with Gasteiger partial charge in [0, 0.05) is 27.5 Å². The molecule has 0 saturated carbocycles. The van der Waals surface area contributed by atoms with Gasteiger partial charge < -0.3 is 4.42 Å². The van der Waals surface area contributed by atoms with E-state index in [0.717, 1.165) is 66.7 Å². The van der Waals surface area contributed by atoms with Crippen molar-refractivity contribution in [2.75, 3.05) is 0 Å². The fourth-order valence-electron chi connectivity index (χ4n) is 13.9.